The highest BCUT2D eigenvalue weighted by molar-refractivity contribution is 5.57. The highest BCUT2D eigenvalue weighted by Crippen LogP contribution is 2.23. The molecule has 0 aliphatic rings. The van der Waals surface area contributed by atoms with E-state index in [0.29, 0.717) is 0 Å². The van der Waals surface area contributed by atoms with Crippen molar-refractivity contribution < 1.29 is 4.92 Å². The topological polar surface area (TPSA) is 68.1 Å². The Kier molecular flexibility index (Phi) is 2.90. The van der Waals surface area contributed by atoms with Crippen LogP contribution < -0.4 is 5.32 Å². The second-order valence-corrected chi connectivity index (χ2v) is 3.52. The summed E-state index contributed by atoms with van der Waals surface area (Å²) in [6, 6.07) is 2.88. The first-order valence-electron chi connectivity index (χ1n) is 4.31. The minimum atomic E-state index is -0.668. The van der Waals surface area contributed by atoms with Gasteiger partial charge in [-0.3, -0.25) is 10.1 Å². The van der Waals surface area contributed by atoms with Crippen LogP contribution in [0.5, 0.6) is 0 Å². The molecule has 0 atom stereocenters. The zero-order chi connectivity index (χ0) is 11.5. The average molecular weight is 205 g/mol. The summed E-state index contributed by atoms with van der Waals surface area (Å²) in [6.45, 7) is 3.48. The summed E-state index contributed by atoms with van der Waals surface area (Å²) in [4.78, 5) is 14.1. The number of pyridine rings is 1. The standard InChI is InChI=1S/C10H11N3O2/c1-4-10(2,3)12-9-8(13(14)15)6-5-7-11-9/h1,5-7H,2-3H3,(H,11,12). The highest BCUT2D eigenvalue weighted by atomic mass is 16.6. The maximum absolute atomic E-state index is 10.7. The molecule has 0 saturated heterocycles. The molecule has 0 amide bonds. The van der Waals surface area contributed by atoms with Gasteiger partial charge >= 0.3 is 5.69 Å². The van der Waals surface area contributed by atoms with Gasteiger partial charge in [-0.25, -0.2) is 4.98 Å². The second-order valence-electron chi connectivity index (χ2n) is 3.52. The Morgan fingerprint density at radius 1 is 1.67 bits per heavy atom. The predicted molar refractivity (Wildman–Crippen MR) is 57.4 cm³/mol. The van der Waals surface area contributed by atoms with Crippen molar-refractivity contribution in [2.75, 3.05) is 5.32 Å². The Morgan fingerprint density at radius 2 is 2.33 bits per heavy atom. The van der Waals surface area contributed by atoms with E-state index in [1.165, 1.54) is 18.3 Å². The lowest BCUT2D eigenvalue weighted by atomic mass is 10.1. The van der Waals surface area contributed by atoms with Crippen LogP contribution in [0.4, 0.5) is 11.5 Å². The molecule has 0 bridgehead atoms. The molecule has 1 N–H and O–H groups in total. The van der Waals surface area contributed by atoms with Gasteiger partial charge in [0, 0.05) is 12.3 Å². The monoisotopic (exact) mass is 205 g/mol. The van der Waals surface area contributed by atoms with E-state index in [1.807, 2.05) is 0 Å². The van der Waals surface area contributed by atoms with Gasteiger partial charge in [-0.1, -0.05) is 5.92 Å². The van der Waals surface area contributed by atoms with Crippen molar-refractivity contribution in [3.8, 4) is 12.3 Å². The molecular formula is C10H11N3O2. The van der Waals surface area contributed by atoms with Gasteiger partial charge < -0.3 is 5.32 Å². The second kappa shape index (κ2) is 3.96. The lowest BCUT2D eigenvalue weighted by Gasteiger charge is -2.19. The molecule has 5 heteroatoms. The fourth-order valence-corrected chi connectivity index (χ4v) is 0.973. The lowest BCUT2D eigenvalue weighted by Crippen LogP contribution is -2.29. The van der Waals surface area contributed by atoms with Crippen LogP contribution in [0.2, 0.25) is 0 Å². The first-order valence-corrected chi connectivity index (χ1v) is 4.31. The number of anilines is 1. The summed E-state index contributed by atoms with van der Waals surface area (Å²) in [5.41, 5.74) is -0.750. The Balaban J connectivity index is 3.06. The van der Waals surface area contributed by atoms with Gasteiger partial charge in [-0.05, 0) is 19.9 Å². The van der Waals surface area contributed by atoms with E-state index in [4.69, 9.17) is 6.42 Å². The van der Waals surface area contributed by atoms with Crippen molar-refractivity contribution in [1.29, 1.82) is 0 Å². The van der Waals surface area contributed by atoms with E-state index in [2.05, 4.69) is 16.2 Å². The molecule has 0 aromatic carbocycles. The zero-order valence-corrected chi connectivity index (χ0v) is 8.52. The fourth-order valence-electron chi connectivity index (χ4n) is 0.973. The van der Waals surface area contributed by atoms with Gasteiger partial charge in [-0.15, -0.1) is 6.42 Å². The molecule has 78 valence electrons. The van der Waals surface area contributed by atoms with Crippen molar-refractivity contribution in [1.82, 2.24) is 4.98 Å². The number of hydrogen-bond acceptors (Lipinski definition) is 4. The molecule has 0 unspecified atom stereocenters. The van der Waals surface area contributed by atoms with E-state index >= 15 is 0 Å². The number of terminal acetylenes is 1. The number of nitro groups is 1. The Labute approximate surface area is 87.7 Å². The summed E-state index contributed by atoms with van der Waals surface area (Å²) in [5.74, 6) is 2.67. The third kappa shape index (κ3) is 2.68. The van der Waals surface area contributed by atoms with Crippen LogP contribution in [0.1, 0.15) is 13.8 Å². The summed E-state index contributed by atoms with van der Waals surface area (Å²) < 4.78 is 0. The maximum Gasteiger partial charge on any atom is 0.311 e. The van der Waals surface area contributed by atoms with Crippen LogP contribution in [-0.2, 0) is 0 Å². The molecule has 1 aromatic rings. The van der Waals surface area contributed by atoms with Gasteiger partial charge in [-0.2, -0.15) is 0 Å². The van der Waals surface area contributed by atoms with Crippen molar-refractivity contribution in [2.24, 2.45) is 0 Å². The summed E-state index contributed by atoms with van der Waals surface area (Å²) in [6.07, 6.45) is 6.74. The molecule has 1 heterocycles. The number of nitrogens with one attached hydrogen (secondary N) is 1. The molecule has 0 spiro atoms. The first kappa shape index (κ1) is 11.0. The van der Waals surface area contributed by atoms with E-state index in [9.17, 15) is 10.1 Å². The molecule has 1 aromatic heterocycles. The predicted octanol–water partition coefficient (Wildman–Crippen LogP) is 1.81. The van der Waals surface area contributed by atoms with Crippen LogP contribution in [-0.4, -0.2) is 15.4 Å². The molecule has 0 saturated carbocycles. The third-order valence-electron chi connectivity index (χ3n) is 1.77. The van der Waals surface area contributed by atoms with Crippen LogP contribution in [0, 0.1) is 22.5 Å². The molecule has 1 rings (SSSR count). The van der Waals surface area contributed by atoms with E-state index in [-0.39, 0.29) is 11.5 Å². The third-order valence-corrected chi connectivity index (χ3v) is 1.77. The zero-order valence-electron chi connectivity index (χ0n) is 8.52. The highest BCUT2D eigenvalue weighted by Gasteiger charge is 2.20. The molecule has 5 nitrogen and oxygen atoms in total. The maximum atomic E-state index is 10.7. The normalized spacial score (nSPS) is 10.5. The van der Waals surface area contributed by atoms with Gasteiger partial charge in [0.15, 0.2) is 0 Å². The number of aromatic nitrogens is 1. The van der Waals surface area contributed by atoms with Crippen LogP contribution in [0.15, 0.2) is 18.3 Å². The van der Waals surface area contributed by atoms with Crippen molar-refractivity contribution in [3.63, 3.8) is 0 Å². The fraction of sp³-hybridized carbons (Fsp3) is 0.300. The Bertz CT molecular complexity index is 421. The van der Waals surface area contributed by atoms with Crippen molar-refractivity contribution in [2.45, 2.75) is 19.4 Å². The summed E-state index contributed by atoms with van der Waals surface area (Å²) in [5, 5.41) is 13.5. The van der Waals surface area contributed by atoms with Crippen LogP contribution >= 0.6 is 0 Å². The summed E-state index contributed by atoms with van der Waals surface area (Å²) >= 11 is 0. The molecule has 0 aliphatic heterocycles. The average Bonchev–Trinajstić information content (AvgIpc) is 2.18. The Hall–Kier alpha value is -2.09. The van der Waals surface area contributed by atoms with Gasteiger partial charge in [0.2, 0.25) is 5.82 Å². The van der Waals surface area contributed by atoms with Crippen molar-refractivity contribution in [3.05, 3.63) is 28.4 Å². The largest absolute Gasteiger partial charge is 0.349 e. The first-order chi connectivity index (χ1) is 6.96. The van der Waals surface area contributed by atoms with Crippen LogP contribution in [0.25, 0.3) is 0 Å². The Morgan fingerprint density at radius 3 is 2.87 bits per heavy atom. The van der Waals surface area contributed by atoms with E-state index < -0.39 is 10.5 Å². The molecule has 0 fully saturated rings. The molecule has 15 heavy (non-hydrogen) atoms. The van der Waals surface area contributed by atoms with Crippen LogP contribution in [0.3, 0.4) is 0 Å². The SMILES string of the molecule is C#CC(C)(C)Nc1ncccc1[N+](=O)[O-]. The van der Waals surface area contributed by atoms with Crippen molar-refractivity contribution >= 4 is 11.5 Å². The molecular weight excluding hydrogens is 194 g/mol. The van der Waals surface area contributed by atoms with Gasteiger partial charge in [0.25, 0.3) is 0 Å². The van der Waals surface area contributed by atoms with Gasteiger partial charge in [0.05, 0.1) is 10.5 Å². The number of rotatable bonds is 3. The summed E-state index contributed by atoms with van der Waals surface area (Å²) in [7, 11) is 0. The number of hydrogen-bond donors (Lipinski definition) is 1. The quantitative estimate of drug-likeness (QED) is 0.464. The van der Waals surface area contributed by atoms with E-state index in [0.717, 1.165) is 0 Å². The van der Waals surface area contributed by atoms with Gasteiger partial charge in [0.1, 0.15) is 0 Å². The minimum Gasteiger partial charge on any atom is -0.349 e. The molecule has 0 radical (unpaired) electrons. The minimum absolute atomic E-state index is 0.0826. The molecule has 0 aliphatic carbocycles. The van der Waals surface area contributed by atoms with E-state index in [1.54, 1.807) is 13.8 Å². The number of nitrogens with zero attached hydrogens (tertiary/aromatic N) is 2. The smallest absolute Gasteiger partial charge is 0.311 e. The lowest BCUT2D eigenvalue weighted by molar-refractivity contribution is -0.384.